The highest BCUT2D eigenvalue weighted by Crippen LogP contribution is 2.16. The van der Waals surface area contributed by atoms with Crippen molar-refractivity contribution in [3.8, 4) is 0 Å². The van der Waals surface area contributed by atoms with E-state index in [0.717, 1.165) is 16.6 Å². The number of fused-ring (bicyclic) bond motifs is 1. The summed E-state index contributed by atoms with van der Waals surface area (Å²) in [6.07, 6.45) is 3.44. The molecule has 0 aliphatic carbocycles. The monoisotopic (exact) mass is 285 g/mol. The number of nitrogens with zero attached hydrogens (tertiary/aromatic N) is 3. The lowest BCUT2D eigenvalue weighted by molar-refractivity contribution is 0.610. The maximum absolute atomic E-state index is 13.9. The number of pyridine rings is 1. The zero-order chi connectivity index (χ0) is 14.8. The highest BCUT2D eigenvalue weighted by Gasteiger charge is 2.05. The van der Waals surface area contributed by atoms with Gasteiger partial charge in [-0.15, -0.1) is 0 Å². The number of nitrogens with one attached hydrogen (secondary N) is 1. The van der Waals surface area contributed by atoms with Gasteiger partial charge in [-0.1, -0.05) is 12.1 Å². The zero-order valence-electron chi connectivity index (χ0n) is 11.7. The molecule has 0 bridgehead atoms. The van der Waals surface area contributed by atoms with Crippen molar-refractivity contribution in [3.05, 3.63) is 53.7 Å². The normalized spacial score (nSPS) is 11.0. The van der Waals surface area contributed by atoms with Crippen LogP contribution in [0.3, 0.4) is 0 Å². The van der Waals surface area contributed by atoms with Gasteiger partial charge in [0.15, 0.2) is 0 Å². The molecule has 3 rings (SSSR count). The van der Waals surface area contributed by atoms with Crippen LogP contribution in [0.5, 0.6) is 0 Å². The lowest BCUT2D eigenvalue weighted by atomic mass is 10.1. The van der Waals surface area contributed by atoms with Crippen LogP contribution in [0.15, 0.2) is 36.8 Å². The summed E-state index contributed by atoms with van der Waals surface area (Å²) in [5, 5.41) is 3.12. The van der Waals surface area contributed by atoms with Crippen LogP contribution in [0.1, 0.15) is 11.1 Å². The number of benzene rings is 1. The molecular weight excluding hydrogens is 269 g/mol. The van der Waals surface area contributed by atoms with Gasteiger partial charge >= 0.3 is 0 Å². The summed E-state index contributed by atoms with van der Waals surface area (Å²) in [7, 11) is 1.92. The summed E-state index contributed by atoms with van der Waals surface area (Å²) >= 11 is 0. The lowest BCUT2D eigenvalue weighted by Crippen LogP contribution is -2.05. The molecule has 0 radical (unpaired) electrons. The Labute approximate surface area is 121 Å². The van der Waals surface area contributed by atoms with Gasteiger partial charge < -0.3 is 15.6 Å². The van der Waals surface area contributed by atoms with Crippen molar-refractivity contribution in [2.45, 2.75) is 13.1 Å². The topological polar surface area (TPSA) is 68.8 Å². The molecule has 3 aromatic rings. The predicted molar refractivity (Wildman–Crippen MR) is 80.1 cm³/mol. The molecule has 0 atom stereocenters. The second kappa shape index (κ2) is 5.49. The van der Waals surface area contributed by atoms with Gasteiger partial charge in [0.2, 0.25) is 0 Å². The molecular formula is C15H16FN5. The number of imidazole rings is 1. The molecule has 0 unspecified atom stereocenters. The molecule has 108 valence electrons. The van der Waals surface area contributed by atoms with Gasteiger partial charge in [-0.2, -0.15) is 0 Å². The Kier molecular flexibility index (Phi) is 3.53. The zero-order valence-corrected chi connectivity index (χ0v) is 11.7. The SMILES string of the molecule is Cn1cnc2cnc(NCc3ccc(CN)cc3F)cc21. The minimum absolute atomic E-state index is 0.257. The van der Waals surface area contributed by atoms with Crippen molar-refractivity contribution in [3.63, 3.8) is 0 Å². The van der Waals surface area contributed by atoms with E-state index in [1.165, 1.54) is 6.07 Å². The third-order valence-electron chi connectivity index (χ3n) is 3.42. The molecule has 0 aliphatic heterocycles. The summed E-state index contributed by atoms with van der Waals surface area (Å²) in [6, 6.07) is 6.94. The van der Waals surface area contributed by atoms with Crippen molar-refractivity contribution < 1.29 is 4.39 Å². The molecule has 0 saturated carbocycles. The summed E-state index contributed by atoms with van der Waals surface area (Å²) < 4.78 is 15.8. The van der Waals surface area contributed by atoms with Gasteiger partial charge in [-0.25, -0.2) is 14.4 Å². The number of aryl methyl sites for hydroxylation is 1. The third kappa shape index (κ3) is 2.71. The lowest BCUT2D eigenvalue weighted by Gasteiger charge is -2.08. The number of hydrogen-bond donors (Lipinski definition) is 2. The molecule has 5 nitrogen and oxygen atoms in total. The van der Waals surface area contributed by atoms with E-state index in [9.17, 15) is 4.39 Å². The van der Waals surface area contributed by atoms with Crippen molar-refractivity contribution >= 4 is 16.9 Å². The number of halogens is 1. The quantitative estimate of drug-likeness (QED) is 0.771. The fourth-order valence-corrected chi connectivity index (χ4v) is 2.17. The van der Waals surface area contributed by atoms with Crippen LogP contribution in [-0.4, -0.2) is 14.5 Å². The fraction of sp³-hybridized carbons (Fsp3) is 0.200. The number of rotatable bonds is 4. The minimum Gasteiger partial charge on any atom is -0.366 e. The van der Waals surface area contributed by atoms with E-state index in [2.05, 4.69) is 15.3 Å². The number of hydrogen-bond acceptors (Lipinski definition) is 4. The maximum atomic E-state index is 13.9. The first-order valence-corrected chi connectivity index (χ1v) is 6.65. The molecule has 0 aliphatic rings. The molecule has 1 aromatic carbocycles. The van der Waals surface area contributed by atoms with Gasteiger partial charge in [0.05, 0.1) is 18.0 Å². The van der Waals surface area contributed by atoms with E-state index < -0.39 is 0 Å². The average Bonchev–Trinajstić information content (AvgIpc) is 2.87. The number of anilines is 1. The molecule has 21 heavy (non-hydrogen) atoms. The van der Waals surface area contributed by atoms with Crippen LogP contribution in [-0.2, 0) is 20.1 Å². The van der Waals surface area contributed by atoms with E-state index in [4.69, 9.17) is 5.73 Å². The average molecular weight is 285 g/mol. The Hall–Kier alpha value is -2.47. The highest BCUT2D eigenvalue weighted by molar-refractivity contribution is 5.77. The van der Waals surface area contributed by atoms with E-state index in [-0.39, 0.29) is 5.82 Å². The summed E-state index contributed by atoms with van der Waals surface area (Å²) in [4.78, 5) is 8.48. The summed E-state index contributed by atoms with van der Waals surface area (Å²) in [5.74, 6) is 0.431. The first-order valence-electron chi connectivity index (χ1n) is 6.65. The molecule has 6 heteroatoms. The van der Waals surface area contributed by atoms with E-state index in [0.29, 0.717) is 24.5 Å². The first kappa shape index (κ1) is 13.5. The van der Waals surface area contributed by atoms with Crippen molar-refractivity contribution in [2.75, 3.05) is 5.32 Å². The van der Waals surface area contributed by atoms with E-state index in [1.807, 2.05) is 23.7 Å². The van der Waals surface area contributed by atoms with Gasteiger partial charge in [-0.05, 0) is 11.6 Å². The first-order chi connectivity index (χ1) is 10.2. The maximum Gasteiger partial charge on any atom is 0.128 e. The number of aromatic nitrogens is 3. The van der Waals surface area contributed by atoms with Crippen LogP contribution in [0.4, 0.5) is 10.2 Å². The predicted octanol–water partition coefficient (Wildman–Crippen LogP) is 2.18. The molecule has 2 heterocycles. The van der Waals surface area contributed by atoms with Gasteiger partial charge in [0, 0.05) is 31.8 Å². The summed E-state index contributed by atoms with van der Waals surface area (Å²) in [5.41, 5.74) is 8.67. The van der Waals surface area contributed by atoms with Crippen LogP contribution in [0, 0.1) is 5.82 Å². The largest absolute Gasteiger partial charge is 0.366 e. The molecule has 0 saturated heterocycles. The van der Waals surface area contributed by atoms with Crippen molar-refractivity contribution in [1.82, 2.24) is 14.5 Å². The molecule has 0 fully saturated rings. The summed E-state index contributed by atoms with van der Waals surface area (Å²) in [6.45, 7) is 0.705. The Morgan fingerprint density at radius 2 is 2.14 bits per heavy atom. The van der Waals surface area contributed by atoms with Gasteiger partial charge in [0.25, 0.3) is 0 Å². The second-order valence-electron chi connectivity index (χ2n) is 4.90. The van der Waals surface area contributed by atoms with E-state index in [1.54, 1.807) is 18.6 Å². The molecule has 2 aromatic heterocycles. The Morgan fingerprint density at radius 3 is 2.90 bits per heavy atom. The van der Waals surface area contributed by atoms with Gasteiger partial charge in [-0.3, -0.25) is 0 Å². The van der Waals surface area contributed by atoms with Crippen LogP contribution >= 0.6 is 0 Å². The van der Waals surface area contributed by atoms with Crippen LogP contribution < -0.4 is 11.1 Å². The molecule has 0 spiro atoms. The Bertz CT molecular complexity index is 781. The highest BCUT2D eigenvalue weighted by atomic mass is 19.1. The van der Waals surface area contributed by atoms with Gasteiger partial charge in [0.1, 0.15) is 17.2 Å². The Morgan fingerprint density at radius 1 is 1.29 bits per heavy atom. The molecule has 3 N–H and O–H groups in total. The van der Waals surface area contributed by atoms with Crippen LogP contribution in [0.2, 0.25) is 0 Å². The van der Waals surface area contributed by atoms with Crippen molar-refractivity contribution in [2.24, 2.45) is 12.8 Å². The smallest absolute Gasteiger partial charge is 0.128 e. The third-order valence-corrected chi connectivity index (χ3v) is 3.42. The molecule has 0 amide bonds. The standard InChI is InChI=1S/C15H16FN5/c1-21-9-20-13-8-19-15(5-14(13)21)18-7-11-3-2-10(6-17)4-12(11)16/h2-5,8-9H,6-7,17H2,1H3,(H,18,19). The Balaban J connectivity index is 1.78. The van der Waals surface area contributed by atoms with E-state index >= 15 is 0 Å². The number of nitrogens with two attached hydrogens (primary N) is 1. The van der Waals surface area contributed by atoms with Crippen LogP contribution in [0.25, 0.3) is 11.0 Å². The second-order valence-corrected chi connectivity index (χ2v) is 4.90. The van der Waals surface area contributed by atoms with Crippen molar-refractivity contribution in [1.29, 1.82) is 0 Å². The minimum atomic E-state index is -0.257. The fourth-order valence-electron chi connectivity index (χ4n) is 2.17.